The smallest absolute Gasteiger partial charge is 0.239 e. The summed E-state index contributed by atoms with van der Waals surface area (Å²) in [6.45, 7) is 0.235. The Morgan fingerprint density at radius 1 is 1.18 bits per heavy atom. The Kier molecular flexibility index (Phi) is 5.00. The number of nitrogens with zero attached hydrogens (tertiary/aromatic N) is 1. The highest BCUT2D eigenvalue weighted by atomic mass is 16.2. The second-order valence-corrected chi connectivity index (χ2v) is 3.64. The minimum atomic E-state index is -0.208. The van der Waals surface area contributed by atoms with Gasteiger partial charge in [-0.15, -0.1) is 0 Å². The second kappa shape index (κ2) is 6.52. The zero-order chi connectivity index (χ0) is 12.7. The summed E-state index contributed by atoms with van der Waals surface area (Å²) in [5, 5.41) is 4.98. The number of carbonyl (C=O) groups excluding carboxylic acids is 2. The first-order chi connectivity index (χ1) is 8.13. The van der Waals surface area contributed by atoms with Crippen LogP contribution in [0.4, 0.5) is 5.69 Å². The van der Waals surface area contributed by atoms with E-state index in [0.29, 0.717) is 0 Å². The van der Waals surface area contributed by atoms with Gasteiger partial charge >= 0.3 is 0 Å². The maximum Gasteiger partial charge on any atom is 0.239 e. The summed E-state index contributed by atoms with van der Waals surface area (Å²) in [5.41, 5.74) is 0.961. The molecule has 0 bridgehead atoms. The lowest BCUT2D eigenvalue weighted by molar-refractivity contribution is -0.125. The van der Waals surface area contributed by atoms with Gasteiger partial charge in [-0.1, -0.05) is 18.2 Å². The number of carbonyl (C=O) groups is 2. The molecule has 1 aromatic rings. The number of likely N-dealkylation sites (N-methyl/N-ethyl adjacent to an activating group) is 2. The first-order valence-corrected chi connectivity index (χ1v) is 5.37. The van der Waals surface area contributed by atoms with E-state index in [1.165, 1.54) is 7.05 Å². The Morgan fingerprint density at radius 3 is 2.41 bits per heavy atom. The number of anilines is 1. The lowest BCUT2D eigenvalue weighted by Crippen LogP contribution is -2.40. The third-order valence-electron chi connectivity index (χ3n) is 2.30. The van der Waals surface area contributed by atoms with Crippen LogP contribution in [0, 0.1) is 0 Å². The van der Waals surface area contributed by atoms with Crippen LogP contribution in [0.3, 0.4) is 0 Å². The van der Waals surface area contributed by atoms with E-state index >= 15 is 0 Å². The number of hydrogen-bond donors (Lipinski definition) is 2. The molecule has 0 radical (unpaired) electrons. The van der Waals surface area contributed by atoms with E-state index < -0.39 is 0 Å². The van der Waals surface area contributed by atoms with Crippen LogP contribution in [-0.2, 0) is 9.59 Å². The SMILES string of the molecule is CNC(=O)CNC(=O)CN(C)c1ccccc1. The highest BCUT2D eigenvalue weighted by Gasteiger charge is 2.07. The predicted molar refractivity (Wildman–Crippen MR) is 66.8 cm³/mol. The molecule has 0 heterocycles. The molecular weight excluding hydrogens is 218 g/mol. The molecule has 0 spiro atoms. The van der Waals surface area contributed by atoms with Crippen LogP contribution in [-0.4, -0.2) is 39.0 Å². The maximum atomic E-state index is 11.5. The number of nitrogens with one attached hydrogen (secondary N) is 2. The molecule has 5 heteroatoms. The summed E-state index contributed by atoms with van der Waals surface area (Å²) in [6.07, 6.45) is 0. The Labute approximate surface area is 101 Å². The summed E-state index contributed by atoms with van der Waals surface area (Å²) in [5.74, 6) is -0.388. The van der Waals surface area contributed by atoms with Crippen molar-refractivity contribution in [2.24, 2.45) is 0 Å². The van der Waals surface area contributed by atoms with E-state index in [1.54, 1.807) is 0 Å². The molecule has 1 rings (SSSR count). The molecule has 0 aliphatic rings. The van der Waals surface area contributed by atoms with Gasteiger partial charge in [-0.25, -0.2) is 0 Å². The summed E-state index contributed by atoms with van der Waals surface area (Å²) in [4.78, 5) is 24.3. The molecule has 5 nitrogen and oxygen atoms in total. The van der Waals surface area contributed by atoms with E-state index in [0.717, 1.165) is 5.69 Å². The van der Waals surface area contributed by atoms with E-state index in [2.05, 4.69) is 10.6 Å². The molecule has 0 saturated heterocycles. The predicted octanol–water partition coefficient (Wildman–Crippen LogP) is -0.0150. The fraction of sp³-hybridized carbons (Fsp3) is 0.333. The molecule has 17 heavy (non-hydrogen) atoms. The van der Waals surface area contributed by atoms with Crippen LogP contribution >= 0.6 is 0 Å². The fourth-order valence-corrected chi connectivity index (χ4v) is 1.31. The minimum Gasteiger partial charge on any atom is -0.365 e. The van der Waals surface area contributed by atoms with Crippen LogP contribution in [0.1, 0.15) is 0 Å². The molecular formula is C12H17N3O2. The van der Waals surface area contributed by atoms with Gasteiger partial charge in [-0.05, 0) is 12.1 Å². The van der Waals surface area contributed by atoms with Crippen molar-refractivity contribution in [1.29, 1.82) is 0 Å². The van der Waals surface area contributed by atoms with Crippen LogP contribution in [0.5, 0.6) is 0 Å². The van der Waals surface area contributed by atoms with Gasteiger partial charge in [0.15, 0.2) is 0 Å². The number of para-hydroxylation sites is 1. The largest absolute Gasteiger partial charge is 0.365 e. The van der Waals surface area contributed by atoms with Crippen molar-refractivity contribution in [1.82, 2.24) is 10.6 Å². The van der Waals surface area contributed by atoms with Gasteiger partial charge in [0.25, 0.3) is 0 Å². The Bertz CT molecular complexity index is 379. The van der Waals surface area contributed by atoms with Crippen molar-refractivity contribution >= 4 is 17.5 Å². The number of amides is 2. The standard InChI is InChI=1S/C12H17N3O2/c1-13-11(16)8-14-12(17)9-15(2)10-6-4-3-5-7-10/h3-7H,8-9H2,1-2H3,(H,13,16)(H,14,17). The summed E-state index contributed by atoms with van der Waals surface area (Å²) in [7, 11) is 3.36. The average Bonchev–Trinajstić information content (AvgIpc) is 2.36. The minimum absolute atomic E-state index is 0.0119. The summed E-state index contributed by atoms with van der Waals surface area (Å²) < 4.78 is 0. The highest BCUT2D eigenvalue weighted by molar-refractivity contribution is 5.86. The van der Waals surface area contributed by atoms with Crippen molar-refractivity contribution in [2.45, 2.75) is 0 Å². The third kappa shape index (κ3) is 4.55. The van der Waals surface area contributed by atoms with E-state index in [9.17, 15) is 9.59 Å². The van der Waals surface area contributed by atoms with Gasteiger partial charge in [0.1, 0.15) is 0 Å². The lowest BCUT2D eigenvalue weighted by Gasteiger charge is -2.18. The van der Waals surface area contributed by atoms with Gasteiger partial charge in [-0.3, -0.25) is 9.59 Å². The van der Waals surface area contributed by atoms with Gasteiger partial charge in [-0.2, -0.15) is 0 Å². The van der Waals surface area contributed by atoms with Crippen LogP contribution < -0.4 is 15.5 Å². The molecule has 0 atom stereocenters. The average molecular weight is 235 g/mol. The Morgan fingerprint density at radius 2 is 1.82 bits per heavy atom. The van der Waals surface area contributed by atoms with E-state index in [1.807, 2.05) is 42.3 Å². The monoisotopic (exact) mass is 235 g/mol. The second-order valence-electron chi connectivity index (χ2n) is 3.64. The van der Waals surface area contributed by atoms with Gasteiger partial charge < -0.3 is 15.5 Å². The van der Waals surface area contributed by atoms with Gasteiger partial charge in [0.2, 0.25) is 11.8 Å². The zero-order valence-corrected chi connectivity index (χ0v) is 10.1. The van der Waals surface area contributed by atoms with E-state index in [-0.39, 0.29) is 24.9 Å². The first kappa shape index (κ1) is 13.0. The quantitative estimate of drug-likeness (QED) is 0.754. The number of hydrogen-bond acceptors (Lipinski definition) is 3. The number of rotatable bonds is 5. The van der Waals surface area contributed by atoms with E-state index in [4.69, 9.17) is 0 Å². The van der Waals surface area contributed by atoms with Crippen molar-refractivity contribution < 1.29 is 9.59 Å². The molecule has 0 aliphatic heterocycles. The Hall–Kier alpha value is -2.04. The molecule has 2 N–H and O–H groups in total. The third-order valence-corrected chi connectivity index (χ3v) is 2.30. The van der Waals surface area contributed by atoms with Crippen LogP contribution in [0.15, 0.2) is 30.3 Å². The zero-order valence-electron chi connectivity index (χ0n) is 10.1. The number of benzene rings is 1. The molecule has 1 aromatic carbocycles. The molecule has 0 fully saturated rings. The molecule has 0 saturated carbocycles. The first-order valence-electron chi connectivity index (χ1n) is 5.37. The van der Waals surface area contributed by atoms with Crippen LogP contribution in [0.25, 0.3) is 0 Å². The summed E-state index contributed by atoms with van der Waals surface area (Å²) in [6, 6.07) is 9.59. The molecule has 0 aromatic heterocycles. The van der Waals surface area contributed by atoms with Crippen molar-refractivity contribution in [3.05, 3.63) is 30.3 Å². The topological polar surface area (TPSA) is 61.4 Å². The molecule has 0 aliphatic carbocycles. The highest BCUT2D eigenvalue weighted by Crippen LogP contribution is 2.09. The summed E-state index contributed by atoms with van der Waals surface area (Å²) >= 11 is 0. The van der Waals surface area contributed by atoms with Crippen LogP contribution in [0.2, 0.25) is 0 Å². The Balaban J connectivity index is 2.39. The van der Waals surface area contributed by atoms with Crippen molar-refractivity contribution in [3.63, 3.8) is 0 Å². The lowest BCUT2D eigenvalue weighted by atomic mass is 10.3. The van der Waals surface area contributed by atoms with Gasteiger partial charge in [0.05, 0.1) is 13.1 Å². The normalized spacial score (nSPS) is 9.53. The van der Waals surface area contributed by atoms with Gasteiger partial charge in [0, 0.05) is 19.8 Å². The fourth-order valence-electron chi connectivity index (χ4n) is 1.31. The molecule has 92 valence electrons. The maximum absolute atomic E-state index is 11.5. The van der Waals surface area contributed by atoms with Crippen molar-refractivity contribution in [2.75, 3.05) is 32.1 Å². The molecule has 2 amide bonds. The van der Waals surface area contributed by atoms with Crippen molar-refractivity contribution in [3.8, 4) is 0 Å². The molecule has 0 unspecified atom stereocenters.